The average Bonchev–Trinajstić information content (AvgIpc) is 3.40. The van der Waals surface area contributed by atoms with Crippen molar-refractivity contribution in [1.82, 2.24) is 29.3 Å². The number of benzene rings is 1. The largest absolute Gasteiger partial charge is 0.493 e. The first-order chi connectivity index (χ1) is 16.3. The SMILES string of the molecule is COc1cc(-n2cnc(Nc3nc(C4CC4)nc4c3cnn4C(C)(C)C)c2)cc(OC)c1OC. The summed E-state index contributed by atoms with van der Waals surface area (Å²) in [7, 11) is 4.77. The minimum atomic E-state index is -0.192. The number of nitrogens with one attached hydrogen (secondary N) is 1. The van der Waals surface area contributed by atoms with Crippen LogP contribution in [0.2, 0.25) is 0 Å². The fraction of sp³-hybridized carbons (Fsp3) is 0.417. The van der Waals surface area contributed by atoms with Gasteiger partial charge in [-0.1, -0.05) is 0 Å². The molecule has 34 heavy (non-hydrogen) atoms. The number of ether oxygens (including phenoxy) is 3. The molecule has 0 aliphatic heterocycles. The quantitative estimate of drug-likeness (QED) is 0.430. The van der Waals surface area contributed by atoms with Crippen molar-refractivity contribution in [1.29, 1.82) is 0 Å². The third kappa shape index (κ3) is 3.89. The molecule has 0 bridgehead atoms. The van der Waals surface area contributed by atoms with Crippen molar-refractivity contribution >= 4 is 22.7 Å². The standard InChI is InChI=1S/C24H29N7O3/c1-24(2,3)31-23-16(11-26-31)22(28-21(29-23)14-7-8-14)27-19-12-30(13-25-19)15-9-17(32-4)20(34-6)18(10-15)33-5/h9-14H,7-8H2,1-6H3,(H,27,28,29). The van der Waals surface area contributed by atoms with Gasteiger partial charge in [0.2, 0.25) is 5.75 Å². The van der Waals surface area contributed by atoms with Gasteiger partial charge in [0, 0.05) is 18.1 Å². The third-order valence-corrected chi connectivity index (χ3v) is 5.80. The molecule has 1 aliphatic carbocycles. The van der Waals surface area contributed by atoms with Gasteiger partial charge >= 0.3 is 0 Å². The second-order valence-corrected chi connectivity index (χ2v) is 9.34. The maximum absolute atomic E-state index is 5.48. The number of hydrogen-bond acceptors (Lipinski definition) is 8. The zero-order valence-electron chi connectivity index (χ0n) is 20.3. The van der Waals surface area contributed by atoms with Crippen LogP contribution in [0.15, 0.2) is 30.9 Å². The van der Waals surface area contributed by atoms with E-state index in [4.69, 9.17) is 24.2 Å². The van der Waals surface area contributed by atoms with Crippen LogP contribution in [0, 0.1) is 0 Å². The van der Waals surface area contributed by atoms with Crippen molar-refractivity contribution in [3.63, 3.8) is 0 Å². The Morgan fingerprint density at radius 3 is 2.29 bits per heavy atom. The number of methoxy groups -OCH3 is 3. The summed E-state index contributed by atoms with van der Waals surface area (Å²) in [5.41, 5.74) is 1.46. The third-order valence-electron chi connectivity index (χ3n) is 5.80. The molecule has 10 nitrogen and oxygen atoms in total. The van der Waals surface area contributed by atoms with Crippen LogP contribution >= 0.6 is 0 Å². The van der Waals surface area contributed by atoms with Gasteiger partial charge in [0.15, 0.2) is 17.1 Å². The van der Waals surface area contributed by atoms with Crippen molar-refractivity contribution in [2.24, 2.45) is 0 Å². The van der Waals surface area contributed by atoms with E-state index in [0.29, 0.717) is 34.8 Å². The molecular formula is C24H29N7O3. The lowest BCUT2D eigenvalue weighted by atomic mass is 10.1. The van der Waals surface area contributed by atoms with Crippen LogP contribution in [0.4, 0.5) is 11.6 Å². The van der Waals surface area contributed by atoms with Gasteiger partial charge in [-0.2, -0.15) is 5.10 Å². The molecule has 0 atom stereocenters. The van der Waals surface area contributed by atoms with Crippen molar-refractivity contribution in [3.05, 3.63) is 36.7 Å². The molecule has 5 rings (SSSR count). The second kappa shape index (κ2) is 8.19. The van der Waals surface area contributed by atoms with Gasteiger partial charge < -0.3 is 24.1 Å². The summed E-state index contributed by atoms with van der Waals surface area (Å²) in [6, 6.07) is 3.74. The van der Waals surface area contributed by atoms with Crippen molar-refractivity contribution in [2.75, 3.05) is 26.6 Å². The zero-order valence-corrected chi connectivity index (χ0v) is 20.3. The lowest BCUT2D eigenvalue weighted by Gasteiger charge is -2.20. The highest BCUT2D eigenvalue weighted by molar-refractivity contribution is 5.88. The Morgan fingerprint density at radius 2 is 1.71 bits per heavy atom. The molecule has 0 saturated heterocycles. The van der Waals surface area contributed by atoms with Crippen LogP contribution in [0.1, 0.15) is 45.4 Å². The number of anilines is 2. The van der Waals surface area contributed by atoms with Crippen molar-refractivity contribution in [3.8, 4) is 22.9 Å². The Morgan fingerprint density at radius 1 is 1.00 bits per heavy atom. The van der Waals surface area contributed by atoms with Crippen molar-refractivity contribution in [2.45, 2.75) is 45.1 Å². The maximum atomic E-state index is 5.48. The highest BCUT2D eigenvalue weighted by Gasteiger charge is 2.29. The van der Waals surface area contributed by atoms with E-state index in [1.807, 2.05) is 33.8 Å². The monoisotopic (exact) mass is 463 g/mol. The lowest BCUT2D eigenvalue weighted by Crippen LogP contribution is -2.23. The first-order valence-corrected chi connectivity index (χ1v) is 11.2. The van der Waals surface area contributed by atoms with Crippen LogP contribution in [-0.2, 0) is 5.54 Å². The van der Waals surface area contributed by atoms with E-state index in [-0.39, 0.29) is 5.54 Å². The molecule has 3 aromatic heterocycles. The molecule has 10 heteroatoms. The van der Waals surface area contributed by atoms with E-state index < -0.39 is 0 Å². The Hall–Kier alpha value is -3.82. The molecule has 3 heterocycles. The summed E-state index contributed by atoms with van der Waals surface area (Å²) in [5.74, 6) is 4.30. The van der Waals surface area contributed by atoms with Gasteiger partial charge in [-0.15, -0.1) is 0 Å². The predicted molar refractivity (Wildman–Crippen MR) is 129 cm³/mol. The smallest absolute Gasteiger partial charge is 0.203 e. The van der Waals surface area contributed by atoms with Gasteiger partial charge in [0.25, 0.3) is 0 Å². The van der Waals surface area contributed by atoms with Gasteiger partial charge in [-0.25, -0.2) is 19.6 Å². The first kappa shape index (κ1) is 22.0. The van der Waals surface area contributed by atoms with Crippen LogP contribution in [0.25, 0.3) is 16.7 Å². The molecule has 0 unspecified atom stereocenters. The molecule has 1 saturated carbocycles. The molecule has 178 valence electrons. The fourth-order valence-corrected chi connectivity index (χ4v) is 3.90. The Bertz CT molecular complexity index is 1320. The molecular weight excluding hydrogens is 434 g/mol. The summed E-state index contributed by atoms with van der Waals surface area (Å²) < 4.78 is 20.2. The van der Waals surface area contributed by atoms with E-state index in [1.165, 1.54) is 0 Å². The highest BCUT2D eigenvalue weighted by atomic mass is 16.5. The molecule has 0 radical (unpaired) electrons. The summed E-state index contributed by atoms with van der Waals surface area (Å²) >= 11 is 0. The molecule has 1 aromatic carbocycles. The molecule has 1 fully saturated rings. The Kier molecular flexibility index (Phi) is 5.30. The Labute approximate surface area is 197 Å². The van der Waals surface area contributed by atoms with Crippen LogP contribution in [0.3, 0.4) is 0 Å². The fourth-order valence-electron chi connectivity index (χ4n) is 3.90. The van der Waals surface area contributed by atoms with Crippen LogP contribution in [-0.4, -0.2) is 50.6 Å². The van der Waals surface area contributed by atoms with E-state index in [2.05, 4.69) is 36.2 Å². The van der Waals surface area contributed by atoms with Crippen molar-refractivity contribution < 1.29 is 14.2 Å². The Balaban J connectivity index is 1.52. The molecule has 0 amide bonds. The normalized spacial score (nSPS) is 13.8. The topological polar surface area (TPSA) is 101 Å². The zero-order chi connectivity index (χ0) is 24.0. The first-order valence-electron chi connectivity index (χ1n) is 11.2. The number of imidazole rings is 1. The van der Waals surface area contributed by atoms with E-state index in [9.17, 15) is 0 Å². The lowest BCUT2D eigenvalue weighted by molar-refractivity contribution is 0.324. The van der Waals surface area contributed by atoms with E-state index >= 15 is 0 Å². The number of aromatic nitrogens is 6. The summed E-state index contributed by atoms with van der Waals surface area (Å²) in [6.07, 6.45) is 7.66. The maximum Gasteiger partial charge on any atom is 0.203 e. The van der Waals surface area contributed by atoms with Crippen LogP contribution < -0.4 is 19.5 Å². The van der Waals surface area contributed by atoms with Gasteiger partial charge in [0.1, 0.15) is 23.8 Å². The molecule has 4 aromatic rings. The predicted octanol–water partition coefficient (Wildman–Crippen LogP) is 4.41. The number of nitrogens with zero attached hydrogens (tertiary/aromatic N) is 6. The van der Waals surface area contributed by atoms with E-state index in [0.717, 1.165) is 35.4 Å². The minimum absolute atomic E-state index is 0.192. The highest BCUT2D eigenvalue weighted by Crippen LogP contribution is 2.41. The van der Waals surface area contributed by atoms with Gasteiger partial charge in [-0.05, 0) is 33.6 Å². The van der Waals surface area contributed by atoms with Gasteiger partial charge in [-0.3, -0.25) is 0 Å². The molecule has 0 spiro atoms. The molecule has 1 N–H and O–H groups in total. The number of fused-ring (bicyclic) bond motifs is 1. The van der Waals surface area contributed by atoms with Gasteiger partial charge in [0.05, 0.1) is 50.3 Å². The van der Waals surface area contributed by atoms with Crippen LogP contribution in [0.5, 0.6) is 17.2 Å². The second-order valence-electron chi connectivity index (χ2n) is 9.34. The van der Waals surface area contributed by atoms with E-state index in [1.54, 1.807) is 27.7 Å². The number of rotatable bonds is 7. The summed E-state index contributed by atoms with van der Waals surface area (Å²) in [6.45, 7) is 6.35. The average molecular weight is 464 g/mol. The molecule has 1 aliphatic rings. The summed E-state index contributed by atoms with van der Waals surface area (Å²) in [4.78, 5) is 14.2. The minimum Gasteiger partial charge on any atom is -0.493 e. The summed E-state index contributed by atoms with van der Waals surface area (Å²) in [5, 5.41) is 8.85. The number of hydrogen-bond donors (Lipinski definition) is 1.